The lowest BCUT2D eigenvalue weighted by molar-refractivity contribution is 0.436. The highest BCUT2D eigenvalue weighted by molar-refractivity contribution is 5.96. The van der Waals surface area contributed by atoms with Gasteiger partial charge < -0.3 is 4.74 Å². The van der Waals surface area contributed by atoms with Crippen LogP contribution >= 0.6 is 0 Å². The average molecular weight is 689 g/mol. The Morgan fingerprint density at radius 3 is 1.74 bits per heavy atom. The third-order valence-corrected chi connectivity index (χ3v) is 11.1. The number of nitrogens with zero attached hydrogens (tertiary/aromatic N) is 2. The summed E-state index contributed by atoms with van der Waals surface area (Å²) in [5.41, 5.74) is 13.7. The molecule has 0 radical (unpaired) electrons. The van der Waals surface area contributed by atoms with Crippen LogP contribution in [-0.2, 0) is 5.41 Å². The largest absolute Gasteiger partial charge is 0.457 e. The van der Waals surface area contributed by atoms with E-state index in [2.05, 4.69) is 188 Å². The van der Waals surface area contributed by atoms with E-state index in [0.717, 1.165) is 61.8 Å². The van der Waals surface area contributed by atoms with Crippen LogP contribution in [0, 0.1) is 0 Å². The molecule has 0 bridgehead atoms. The van der Waals surface area contributed by atoms with Gasteiger partial charge in [-0.05, 0) is 74.5 Å². The lowest BCUT2D eigenvalue weighted by Crippen LogP contribution is -2.32. The molecule has 0 saturated carbocycles. The summed E-state index contributed by atoms with van der Waals surface area (Å²) in [5, 5.41) is 2.45. The number of fused-ring (bicyclic) bond motifs is 10. The zero-order valence-electron chi connectivity index (χ0n) is 29.3. The van der Waals surface area contributed by atoms with Crippen molar-refractivity contribution in [3.8, 4) is 67.7 Å². The Morgan fingerprint density at radius 2 is 0.926 bits per heavy atom. The van der Waals surface area contributed by atoms with E-state index in [1.54, 1.807) is 0 Å². The van der Waals surface area contributed by atoms with Crippen molar-refractivity contribution >= 4 is 10.8 Å². The molecule has 0 N–H and O–H groups in total. The Hall–Kier alpha value is -7.10. The normalized spacial score (nSPS) is 13.1. The highest BCUT2D eigenvalue weighted by Gasteiger charge is 2.51. The SMILES string of the molecule is c1ccc(-c2cc(-c3cccc4c3-c3ccccc3C43c4ccccc4Oc4ccccc43)nc(-c3cccc(-c4ccc5ccccc5c4)c3)n2)cc1. The van der Waals surface area contributed by atoms with Crippen LogP contribution in [0.5, 0.6) is 11.5 Å². The van der Waals surface area contributed by atoms with E-state index in [9.17, 15) is 0 Å². The smallest absolute Gasteiger partial charge is 0.160 e. The molecule has 1 aliphatic carbocycles. The van der Waals surface area contributed by atoms with E-state index in [4.69, 9.17) is 14.7 Å². The first-order valence-corrected chi connectivity index (χ1v) is 18.4. The third kappa shape index (κ3) is 4.55. The molecular weight excluding hydrogens is 657 g/mol. The van der Waals surface area contributed by atoms with E-state index in [0.29, 0.717) is 5.82 Å². The lowest BCUT2D eigenvalue weighted by Gasteiger charge is -2.39. The maximum atomic E-state index is 6.58. The highest BCUT2D eigenvalue weighted by Crippen LogP contribution is 2.63. The Bertz CT molecular complexity index is 2880. The second-order valence-electron chi connectivity index (χ2n) is 14.1. The summed E-state index contributed by atoms with van der Waals surface area (Å²) in [7, 11) is 0. The van der Waals surface area contributed by atoms with Crippen LogP contribution in [-0.4, -0.2) is 9.97 Å². The summed E-state index contributed by atoms with van der Waals surface area (Å²) in [6, 6.07) is 68.9. The van der Waals surface area contributed by atoms with Crippen LogP contribution in [0.3, 0.4) is 0 Å². The first kappa shape index (κ1) is 30.5. The molecule has 1 aliphatic heterocycles. The molecule has 252 valence electrons. The van der Waals surface area contributed by atoms with Crippen molar-refractivity contribution in [2.75, 3.05) is 0 Å². The first-order valence-electron chi connectivity index (χ1n) is 18.4. The summed E-state index contributed by atoms with van der Waals surface area (Å²) < 4.78 is 6.58. The lowest BCUT2D eigenvalue weighted by atomic mass is 9.66. The van der Waals surface area contributed by atoms with Gasteiger partial charge in [-0.15, -0.1) is 0 Å². The summed E-state index contributed by atoms with van der Waals surface area (Å²) in [6.45, 7) is 0. The number of benzene rings is 8. The number of aromatic nitrogens is 2. The molecule has 1 spiro atoms. The van der Waals surface area contributed by atoms with Crippen molar-refractivity contribution in [3.63, 3.8) is 0 Å². The standard InChI is InChI=1S/C51H32N2O/c1-2-15-34(16-3-1)45-32-46(53-50(52-45)38-19-12-18-36(31-38)37-29-28-33-14-4-5-17-35(33)30-37)40-21-13-25-44-49(40)39-20-6-7-22-41(39)51(44)42-23-8-10-26-47(42)54-48-27-11-9-24-43(48)51/h1-32H. The van der Waals surface area contributed by atoms with Crippen molar-refractivity contribution in [2.45, 2.75) is 5.41 Å². The van der Waals surface area contributed by atoms with Gasteiger partial charge in [0, 0.05) is 27.8 Å². The maximum absolute atomic E-state index is 6.58. The average Bonchev–Trinajstić information content (AvgIpc) is 3.54. The maximum Gasteiger partial charge on any atom is 0.160 e. The molecule has 3 nitrogen and oxygen atoms in total. The van der Waals surface area contributed by atoms with Gasteiger partial charge in [0.15, 0.2) is 5.82 Å². The van der Waals surface area contributed by atoms with Gasteiger partial charge in [-0.25, -0.2) is 9.97 Å². The highest BCUT2D eigenvalue weighted by atomic mass is 16.5. The van der Waals surface area contributed by atoms with Crippen LogP contribution in [0.2, 0.25) is 0 Å². The molecule has 8 aromatic carbocycles. The quantitative estimate of drug-likeness (QED) is 0.185. The minimum absolute atomic E-state index is 0.556. The monoisotopic (exact) mass is 688 g/mol. The number of hydrogen-bond donors (Lipinski definition) is 0. The fourth-order valence-corrected chi connectivity index (χ4v) is 8.79. The fraction of sp³-hybridized carbons (Fsp3) is 0.0196. The van der Waals surface area contributed by atoms with Gasteiger partial charge in [-0.2, -0.15) is 0 Å². The van der Waals surface area contributed by atoms with Gasteiger partial charge in [0.05, 0.1) is 16.8 Å². The number of ether oxygens (including phenoxy) is 1. The van der Waals surface area contributed by atoms with Crippen molar-refractivity contribution in [1.82, 2.24) is 9.97 Å². The van der Waals surface area contributed by atoms with Gasteiger partial charge in [-0.3, -0.25) is 0 Å². The molecule has 0 saturated heterocycles. The predicted octanol–water partition coefficient (Wildman–Crippen LogP) is 12.8. The molecule has 2 heterocycles. The second kappa shape index (κ2) is 12.0. The fourth-order valence-electron chi connectivity index (χ4n) is 8.79. The minimum atomic E-state index is -0.556. The number of hydrogen-bond acceptors (Lipinski definition) is 3. The molecule has 9 aromatic rings. The minimum Gasteiger partial charge on any atom is -0.457 e. The molecule has 0 atom stereocenters. The summed E-state index contributed by atoms with van der Waals surface area (Å²) >= 11 is 0. The Kier molecular flexibility index (Phi) is 6.77. The van der Waals surface area contributed by atoms with Crippen molar-refractivity contribution in [3.05, 3.63) is 216 Å². The van der Waals surface area contributed by atoms with Crippen molar-refractivity contribution < 1.29 is 4.74 Å². The van der Waals surface area contributed by atoms with E-state index in [1.165, 1.54) is 33.0 Å². The van der Waals surface area contributed by atoms with Gasteiger partial charge in [-0.1, -0.05) is 164 Å². The zero-order chi connectivity index (χ0) is 35.6. The number of rotatable bonds is 4. The summed E-state index contributed by atoms with van der Waals surface area (Å²) in [6.07, 6.45) is 0. The first-order chi connectivity index (χ1) is 26.8. The van der Waals surface area contributed by atoms with Crippen LogP contribution in [0.25, 0.3) is 66.9 Å². The van der Waals surface area contributed by atoms with Gasteiger partial charge in [0.25, 0.3) is 0 Å². The molecule has 11 rings (SSSR count). The molecule has 54 heavy (non-hydrogen) atoms. The molecule has 1 aromatic heterocycles. The zero-order valence-corrected chi connectivity index (χ0v) is 29.3. The van der Waals surface area contributed by atoms with Crippen LogP contribution in [0.1, 0.15) is 22.3 Å². The summed E-state index contributed by atoms with van der Waals surface area (Å²) in [5.74, 6) is 2.45. The molecule has 3 heteroatoms. The van der Waals surface area contributed by atoms with Crippen LogP contribution in [0.4, 0.5) is 0 Å². The molecule has 2 aliphatic rings. The van der Waals surface area contributed by atoms with Crippen molar-refractivity contribution in [2.24, 2.45) is 0 Å². The van der Waals surface area contributed by atoms with E-state index >= 15 is 0 Å². The van der Waals surface area contributed by atoms with Gasteiger partial charge in [0.2, 0.25) is 0 Å². The van der Waals surface area contributed by atoms with Crippen LogP contribution in [0.15, 0.2) is 194 Å². The van der Waals surface area contributed by atoms with E-state index in [-0.39, 0.29) is 0 Å². The summed E-state index contributed by atoms with van der Waals surface area (Å²) in [4.78, 5) is 10.7. The third-order valence-electron chi connectivity index (χ3n) is 11.1. The Morgan fingerprint density at radius 1 is 0.352 bits per heavy atom. The Balaban J connectivity index is 1.15. The molecule has 0 amide bonds. The van der Waals surface area contributed by atoms with E-state index in [1.807, 2.05) is 6.07 Å². The molecule has 0 fully saturated rings. The van der Waals surface area contributed by atoms with E-state index < -0.39 is 5.41 Å². The van der Waals surface area contributed by atoms with Crippen molar-refractivity contribution in [1.29, 1.82) is 0 Å². The second-order valence-corrected chi connectivity index (χ2v) is 14.1. The Labute approximate surface area is 313 Å². The van der Waals surface area contributed by atoms with Crippen LogP contribution < -0.4 is 4.74 Å². The van der Waals surface area contributed by atoms with Gasteiger partial charge in [0.1, 0.15) is 11.5 Å². The molecular formula is C51H32N2O. The van der Waals surface area contributed by atoms with Gasteiger partial charge >= 0.3 is 0 Å². The predicted molar refractivity (Wildman–Crippen MR) is 219 cm³/mol. The topological polar surface area (TPSA) is 35.0 Å². The number of para-hydroxylation sites is 2. The molecule has 0 unspecified atom stereocenters.